The number of halogens is 3. The smallest absolute Gasteiger partial charge is 0.0843 e. The van der Waals surface area contributed by atoms with Crippen LogP contribution in [0.25, 0.3) is 0 Å². The van der Waals surface area contributed by atoms with Crippen LogP contribution in [0, 0.1) is 0 Å². The fraction of sp³-hybridized carbons (Fsp3) is 0.286. The summed E-state index contributed by atoms with van der Waals surface area (Å²) in [5.74, 6) is 0.503. The summed E-state index contributed by atoms with van der Waals surface area (Å²) in [4.78, 5) is 1.71. The predicted molar refractivity (Wildman–Crippen MR) is 90.9 cm³/mol. The van der Waals surface area contributed by atoms with Crippen LogP contribution in [0.3, 0.4) is 0 Å². The number of rotatable bonds is 4. The van der Waals surface area contributed by atoms with Crippen LogP contribution >= 0.6 is 59.1 Å². The van der Waals surface area contributed by atoms with E-state index >= 15 is 0 Å². The first-order valence-electron chi connectivity index (χ1n) is 5.77. The summed E-state index contributed by atoms with van der Waals surface area (Å²) >= 11 is 12.8. The van der Waals surface area contributed by atoms with E-state index in [4.69, 9.17) is 0 Å². The van der Waals surface area contributed by atoms with Crippen LogP contribution < -0.4 is 0 Å². The van der Waals surface area contributed by atoms with E-state index in [-0.39, 0.29) is 0 Å². The Bertz CT molecular complexity index is 488. The number of thiophene rings is 1. The highest BCUT2D eigenvalue weighted by molar-refractivity contribution is 9.13. The molecule has 0 aliphatic rings. The van der Waals surface area contributed by atoms with Crippen LogP contribution in [0.15, 0.2) is 44.7 Å². The molecule has 0 fully saturated rings. The van der Waals surface area contributed by atoms with E-state index in [1.165, 1.54) is 10.4 Å². The van der Waals surface area contributed by atoms with Gasteiger partial charge in [-0.1, -0.05) is 53.2 Å². The van der Waals surface area contributed by atoms with E-state index in [0.717, 1.165) is 14.7 Å². The largest absolute Gasteiger partial charge is 0.131 e. The quantitative estimate of drug-likeness (QED) is 0.442. The highest BCUT2D eigenvalue weighted by Gasteiger charge is 2.23. The predicted octanol–water partition coefficient (Wildman–Crippen LogP) is 6.90. The summed E-state index contributed by atoms with van der Waals surface area (Å²) in [6.07, 6.45) is 1.12. The summed E-state index contributed by atoms with van der Waals surface area (Å²) in [6.45, 7) is 2.24. The maximum Gasteiger partial charge on any atom is 0.0843 e. The molecule has 0 radical (unpaired) electrons. The van der Waals surface area contributed by atoms with Crippen molar-refractivity contribution in [3.05, 3.63) is 55.1 Å². The van der Waals surface area contributed by atoms with Crippen molar-refractivity contribution in [3.8, 4) is 0 Å². The van der Waals surface area contributed by atoms with Gasteiger partial charge in [0.1, 0.15) is 0 Å². The van der Waals surface area contributed by atoms with Crippen LogP contribution in [-0.4, -0.2) is 0 Å². The monoisotopic (exact) mass is 450 g/mol. The molecular weight excluding hydrogens is 440 g/mol. The molecule has 0 N–H and O–H groups in total. The fourth-order valence-electron chi connectivity index (χ4n) is 2.01. The lowest BCUT2D eigenvalue weighted by Gasteiger charge is -2.20. The van der Waals surface area contributed by atoms with Crippen LogP contribution in [0.4, 0.5) is 0 Å². The summed E-state index contributed by atoms with van der Waals surface area (Å²) in [5.41, 5.74) is 1.39. The Morgan fingerprint density at radius 1 is 1.17 bits per heavy atom. The van der Waals surface area contributed by atoms with Gasteiger partial charge in [-0.05, 0) is 49.9 Å². The number of hydrogen-bond acceptors (Lipinski definition) is 1. The van der Waals surface area contributed by atoms with Crippen molar-refractivity contribution in [1.29, 1.82) is 0 Å². The van der Waals surface area contributed by atoms with Crippen molar-refractivity contribution in [2.45, 2.75) is 24.1 Å². The molecule has 4 heteroatoms. The Balaban J connectivity index is 2.28. The third-order valence-corrected chi connectivity index (χ3v) is 7.73. The van der Waals surface area contributed by atoms with Crippen molar-refractivity contribution < 1.29 is 0 Å². The van der Waals surface area contributed by atoms with E-state index < -0.39 is 0 Å². The standard InChI is InChI=1S/C14H13Br3S/c1-2-10(9-6-4-3-5-7-9)13(16)12-8-11(15)14(17)18-12/h3-8,10,13H,2H2,1H3. The van der Waals surface area contributed by atoms with E-state index in [1.54, 1.807) is 11.3 Å². The third kappa shape index (κ3) is 3.27. The van der Waals surface area contributed by atoms with Gasteiger partial charge in [0, 0.05) is 15.3 Å². The molecule has 2 unspecified atom stereocenters. The van der Waals surface area contributed by atoms with Crippen LogP contribution in [0.1, 0.15) is 34.5 Å². The van der Waals surface area contributed by atoms with Crippen molar-refractivity contribution in [3.63, 3.8) is 0 Å². The average Bonchev–Trinajstić information content (AvgIpc) is 2.72. The fourth-order valence-corrected chi connectivity index (χ4v) is 5.23. The molecule has 96 valence electrons. The van der Waals surface area contributed by atoms with Crippen molar-refractivity contribution in [2.75, 3.05) is 0 Å². The van der Waals surface area contributed by atoms with E-state index in [9.17, 15) is 0 Å². The minimum absolute atomic E-state index is 0.359. The van der Waals surface area contributed by atoms with Crippen LogP contribution in [0.2, 0.25) is 0 Å². The zero-order valence-corrected chi connectivity index (χ0v) is 15.4. The second-order valence-corrected chi connectivity index (χ2v) is 8.34. The van der Waals surface area contributed by atoms with Crippen molar-refractivity contribution >= 4 is 59.1 Å². The summed E-state index contributed by atoms with van der Waals surface area (Å²) in [6, 6.07) is 12.9. The second-order valence-electron chi connectivity index (χ2n) is 4.10. The molecule has 2 aromatic rings. The molecule has 0 spiro atoms. The number of alkyl halides is 1. The molecule has 0 bridgehead atoms. The van der Waals surface area contributed by atoms with Crippen LogP contribution in [-0.2, 0) is 0 Å². The molecule has 2 rings (SSSR count). The van der Waals surface area contributed by atoms with Crippen molar-refractivity contribution in [2.24, 2.45) is 0 Å². The topological polar surface area (TPSA) is 0 Å². The normalized spacial score (nSPS) is 14.4. The van der Waals surface area contributed by atoms with E-state index in [2.05, 4.69) is 91.1 Å². The van der Waals surface area contributed by atoms with E-state index in [0.29, 0.717) is 10.7 Å². The molecule has 0 aliphatic carbocycles. The second kappa shape index (κ2) is 6.69. The lowest BCUT2D eigenvalue weighted by Crippen LogP contribution is -2.03. The first kappa shape index (κ1) is 14.8. The Hall–Kier alpha value is 0.360. The van der Waals surface area contributed by atoms with Gasteiger partial charge in [0.05, 0.1) is 8.61 Å². The molecular formula is C14H13Br3S. The Kier molecular flexibility index (Phi) is 5.48. The first-order chi connectivity index (χ1) is 8.63. The van der Waals surface area contributed by atoms with Gasteiger partial charge in [-0.15, -0.1) is 11.3 Å². The van der Waals surface area contributed by atoms with Gasteiger partial charge in [-0.3, -0.25) is 0 Å². The summed E-state index contributed by atoms with van der Waals surface area (Å²) in [5, 5.41) is 0. The van der Waals surface area contributed by atoms with Gasteiger partial charge >= 0.3 is 0 Å². The van der Waals surface area contributed by atoms with E-state index in [1.807, 2.05) is 0 Å². The molecule has 0 saturated carbocycles. The van der Waals surface area contributed by atoms with Gasteiger partial charge in [-0.2, -0.15) is 0 Å². The molecule has 18 heavy (non-hydrogen) atoms. The van der Waals surface area contributed by atoms with Gasteiger partial charge in [0.2, 0.25) is 0 Å². The lowest BCUT2D eigenvalue weighted by atomic mass is 9.92. The summed E-state index contributed by atoms with van der Waals surface area (Å²) in [7, 11) is 0. The van der Waals surface area contributed by atoms with Crippen LogP contribution in [0.5, 0.6) is 0 Å². The van der Waals surface area contributed by atoms with Gasteiger partial charge in [0.25, 0.3) is 0 Å². The molecule has 1 heterocycles. The average molecular weight is 453 g/mol. The zero-order chi connectivity index (χ0) is 13.1. The molecule has 0 saturated heterocycles. The van der Waals surface area contributed by atoms with Crippen molar-refractivity contribution in [1.82, 2.24) is 0 Å². The molecule has 0 aliphatic heterocycles. The zero-order valence-electron chi connectivity index (χ0n) is 9.87. The molecule has 1 aromatic carbocycles. The number of benzene rings is 1. The Morgan fingerprint density at radius 3 is 2.33 bits per heavy atom. The third-order valence-electron chi connectivity index (χ3n) is 2.96. The van der Waals surface area contributed by atoms with Gasteiger partial charge in [0.15, 0.2) is 0 Å². The first-order valence-corrected chi connectivity index (χ1v) is 9.09. The maximum atomic E-state index is 3.87. The molecule has 1 aromatic heterocycles. The maximum absolute atomic E-state index is 3.87. The SMILES string of the molecule is CCC(c1ccccc1)C(Br)c1cc(Br)c(Br)s1. The highest BCUT2D eigenvalue weighted by atomic mass is 79.9. The highest BCUT2D eigenvalue weighted by Crippen LogP contribution is 2.45. The summed E-state index contributed by atoms with van der Waals surface area (Å²) < 4.78 is 2.29. The van der Waals surface area contributed by atoms with Gasteiger partial charge in [-0.25, -0.2) is 0 Å². The molecule has 0 nitrogen and oxygen atoms in total. The molecule has 0 amide bonds. The number of hydrogen-bond donors (Lipinski definition) is 0. The lowest BCUT2D eigenvalue weighted by molar-refractivity contribution is 0.661. The minimum Gasteiger partial charge on any atom is -0.131 e. The molecule has 2 atom stereocenters. The van der Waals surface area contributed by atoms with Gasteiger partial charge < -0.3 is 0 Å². The Morgan fingerprint density at radius 2 is 1.83 bits per heavy atom. The Labute approximate surface area is 137 Å². The minimum atomic E-state index is 0.359.